The molecular formula is C20H35N3O4. The molecule has 5 rings (SSSR count). The van der Waals surface area contributed by atoms with Crippen LogP contribution in [0.1, 0.15) is 25.7 Å². The molecule has 1 saturated carbocycles. The Bertz CT molecular complexity index is 479. The van der Waals surface area contributed by atoms with Crippen molar-refractivity contribution in [2.24, 2.45) is 11.7 Å². The molecule has 1 aliphatic carbocycles. The molecule has 4 heterocycles. The van der Waals surface area contributed by atoms with Crippen LogP contribution in [0.2, 0.25) is 0 Å². The number of hydrogen-bond donors (Lipinski definition) is 1. The zero-order chi connectivity index (χ0) is 18.3. The largest absolute Gasteiger partial charge is 0.372 e. The van der Waals surface area contributed by atoms with Crippen LogP contribution in [0.3, 0.4) is 0 Å². The van der Waals surface area contributed by atoms with Crippen LogP contribution in [-0.4, -0.2) is 105 Å². The number of hydrogen-bond acceptors (Lipinski definition) is 7. The lowest BCUT2D eigenvalue weighted by molar-refractivity contribution is 0.107. The van der Waals surface area contributed by atoms with Gasteiger partial charge in [-0.3, -0.25) is 9.80 Å². The molecule has 5 fully saturated rings. The van der Waals surface area contributed by atoms with E-state index in [-0.39, 0.29) is 5.54 Å². The van der Waals surface area contributed by atoms with Crippen molar-refractivity contribution in [1.82, 2.24) is 9.80 Å². The molecule has 154 valence electrons. The Morgan fingerprint density at radius 1 is 0.741 bits per heavy atom. The van der Waals surface area contributed by atoms with Crippen molar-refractivity contribution in [3.05, 3.63) is 0 Å². The average Bonchev–Trinajstić information content (AvgIpc) is 3.40. The molecule has 7 nitrogen and oxygen atoms in total. The summed E-state index contributed by atoms with van der Waals surface area (Å²) in [5.74, 6) is 0.678. The highest BCUT2D eigenvalue weighted by atomic mass is 16.6. The van der Waals surface area contributed by atoms with Crippen molar-refractivity contribution in [3.8, 4) is 0 Å². The molecule has 6 atom stereocenters. The van der Waals surface area contributed by atoms with Crippen molar-refractivity contribution in [2.45, 2.75) is 55.6 Å². The zero-order valence-corrected chi connectivity index (χ0v) is 16.4. The van der Waals surface area contributed by atoms with Crippen molar-refractivity contribution in [1.29, 1.82) is 0 Å². The van der Waals surface area contributed by atoms with Gasteiger partial charge in [-0.25, -0.2) is 0 Å². The summed E-state index contributed by atoms with van der Waals surface area (Å²) in [6.07, 6.45) is 6.51. The number of ether oxygens (including phenoxy) is 4. The molecule has 4 saturated heterocycles. The van der Waals surface area contributed by atoms with Gasteiger partial charge in [0.15, 0.2) is 0 Å². The van der Waals surface area contributed by atoms with Crippen molar-refractivity contribution >= 4 is 0 Å². The molecule has 0 spiro atoms. The summed E-state index contributed by atoms with van der Waals surface area (Å²) in [5.41, 5.74) is 6.88. The Morgan fingerprint density at radius 2 is 1.22 bits per heavy atom. The van der Waals surface area contributed by atoms with Crippen LogP contribution in [0.15, 0.2) is 0 Å². The van der Waals surface area contributed by atoms with Gasteiger partial charge < -0.3 is 24.7 Å². The number of rotatable bonds is 12. The second kappa shape index (κ2) is 7.86. The normalized spacial score (nSPS) is 42.6. The van der Waals surface area contributed by atoms with Crippen molar-refractivity contribution in [3.63, 3.8) is 0 Å². The first-order valence-corrected chi connectivity index (χ1v) is 10.8. The smallest absolute Gasteiger partial charge is 0.0936 e. The van der Waals surface area contributed by atoms with E-state index >= 15 is 0 Å². The highest BCUT2D eigenvalue weighted by molar-refractivity contribution is 4.96. The van der Waals surface area contributed by atoms with Crippen LogP contribution in [0.25, 0.3) is 0 Å². The molecule has 0 aromatic carbocycles. The van der Waals surface area contributed by atoms with Gasteiger partial charge in [0.2, 0.25) is 0 Å². The van der Waals surface area contributed by atoms with E-state index in [4.69, 9.17) is 24.7 Å². The molecule has 5 aliphatic rings. The summed E-state index contributed by atoms with van der Waals surface area (Å²) in [4.78, 5) is 5.07. The lowest BCUT2D eigenvalue weighted by atomic mass is 9.75. The summed E-state index contributed by atoms with van der Waals surface area (Å²) in [7, 11) is 0. The number of epoxide rings is 4. The Hall–Kier alpha value is -0.280. The maximum Gasteiger partial charge on any atom is 0.0936 e. The topological polar surface area (TPSA) is 82.6 Å². The summed E-state index contributed by atoms with van der Waals surface area (Å²) in [6, 6.07) is 0. The van der Waals surface area contributed by atoms with Crippen LogP contribution in [-0.2, 0) is 18.9 Å². The standard InChI is InChI=1S/C20H35N3O4/c21-20(14-23(8-18-12-26-18)9-19-13-27-19)3-1-2-15(4-20)5-22(6-16-10-24-16)7-17-11-25-17/h15-19H,1-14,21H2. The van der Waals surface area contributed by atoms with E-state index in [0.717, 1.165) is 78.5 Å². The van der Waals surface area contributed by atoms with Gasteiger partial charge in [-0.05, 0) is 25.2 Å². The van der Waals surface area contributed by atoms with Crippen LogP contribution in [0, 0.1) is 5.92 Å². The fourth-order valence-corrected chi connectivity index (χ4v) is 4.90. The molecule has 0 amide bonds. The van der Waals surface area contributed by atoms with Crippen LogP contribution in [0.5, 0.6) is 0 Å². The van der Waals surface area contributed by atoms with Crippen molar-refractivity contribution < 1.29 is 18.9 Å². The second-order valence-electron chi connectivity index (χ2n) is 9.56. The Balaban J connectivity index is 1.15. The molecule has 27 heavy (non-hydrogen) atoms. The molecular weight excluding hydrogens is 346 g/mol. The van der Waals surface area contributed by atoms with E-state index < -0.39 is 0 Å². The summed E-state index contributed by atoms with van der Waals surface area (Å²) < 4.78 is 21.9. The summed E-state index contributed by atoms with van der Waals surface area (Å²) >= 11 is 0. The molecule has 0 aromatic heterocycles. The highest BCUT2D eigenvalue weighted by Crippen LogP contribution is 2.33. The second-order valence-corrected chi connectivity index (χ2v) is 9.56. The maximum absolute atomic E-state index is 6.95. The SMILES string of the molecule is NC1(CN(CC2CO2)CC2CO2)CCCC(CN(CC2CO2)CC2CO2)C1. The summed E-state index contributed by atoms with van der Waals surface area (Å²) in [5, 5.41) is 0. The Morgan fingerprint density at radius 3 is 1.70 bits per heavy atom. The van der Waals surface area contributed by atoms with Gasteiger partial charge in [-0.2, -0.15) is 0 Å². The lowest BCUT2D eigenvalue weighted by Crippen LogP contribution is -2.55. The van der Waals surface area contributed by atoms with Gasteiger partial charge in [0.1, 0.15) is 0 Å². The quantitative estimate of drug-likeness (QED) is 0.479. The van der Waals surface area contributed by atoms with E-state index in [2.05, 4.69) is 9.80 Å². The van der Waals surface area contributed by atoms with Gasteiger partial charge in [-0.15, -0.1) is 0 Å². The van der Waals surface area contributed by atoms with Gasteiger partial charge in [-0.1, -0.05) is 6.42 Å². The van der Waals surface area contributed by atoms with Crippen LogP contribution >= 0.6 is 0 Å². The van der Waals surface area contributed by atoms with Gasteiger partial charge in [0, 0.05) is 44.8 Å². The highest BCUT2D eigenvalue weighted by Gasteiger charge is 2.39. The third kappa shape index (κ3) is 6.10. The van der Waals surface area contributed by atoms with E-state index in [9.17, 15) is 0 Å². The monoisotopic (exact) mass is 381 g/mol. The third-order valence-electron chi connectivity index (χ3n) is 6.49. The molecule has 7 heteroatoms. The van der Waals surface area contributed by atoms with E-state index in [1.54, 1.807) is 0 Å². The minimum atomic E-state index is -0.0788. The van der Waals surface area contributed by atoms with Gasteiger partial charge in [0.25, 0.3) is 0 Å². The van der Waals surface area contributed by atoms with Crippen LogP contribution < -0.4 is 5.73 Å². The van der Waals surface area contributed by atoms with Gasteiger partial charge in [0.05, 0.1) is 50.8 Å². The summed E-state index contributed by atoms with van der Waals surface area (Å²) in [6.45, 7) is 9.89. The van der Waals surface area contributed by atoms with Crippen molar-refractivity contribution in [2.75, 3.05) is 65.7 Å². The average molecular weight is 382 g/mol. The molecule has 0 radical (unpaired) electrons. The van der Waals surface area contributed by atoms with E-state index in [1.165, 1.54) is 12.8 Å². The Kier molecular flexibility index (Phi) is 5.45. The maximum atomic E-state index is 6.95. The molecule has 2 N–H and O–H groups in total. The van der Waals surface area contributed by atoms with E-state index in [1.807, 2.05) is 0 Å². The lowest BCUT2D eigenvalue weighted by Gasteiger charge is -2.42. The number of nitrogens with zero attached hydrogens (tertiary/aromatic N) is 2. The molecule has 0 bridgehead atoms. The molecule has 0 aromatic rings. The zero-order valence-electron chi connectivity index (χ0n) is 16.4. The molecule has 4 aliphatic heterocycles. The fraction of sp³-hybridized carbons (Fsp3) is 1.00. The third-order valence-corrected chi connectivity index (χ3v) is 6.49. The van der Waals surface area contributed by atoms with E-state index in [0.29, 0.717) is 30.3 Å². The molecule has 6 unspecified atom stereocenters. The van der Waals surface area contributed by atoms with Crippen LogP contribution in [0.4, 0.5) is 0 Å². The fourth-order valence-electron chi connectivity index (χ4n) is 4.90. The first-order chi connectivity index (χ1) is 13.1. The Labute approximate surface area is 162 Å². The minimum Gasteiger partial charge on any atom is -0.372 e. The predicted molar refractivity (Wildman–Crippen MR) is 101 cm³/mol. The number of nitrogens with two attached hydrogens (primary N) is 1. The van der Waals surface area contributed by atoms with Gasteiger partial charge >= 0.3 is 0 Å². The minimum absolute atomic E-state index is 0.0788. The first kappa shape index (κ1) is 18.7. The first-order valence-electron chi connectivity index (χ1n) is 10.8. The predicted octanol–water partition coefficient (Wildman–Crippen LogP) is 0.0733.